The zero-order valence-corrected chi connectivity index (χ0v) is 17.0. The summed E-state index contributed by atoms with van der Waals surface area (Å²) in [7, 11) is -4.43. The molecule has 13 heteroatoms. The quantitative estimate of drug-likeness (QED) is 0.400. The van der Waals surface area contributed by atoms with Crippen molar-refractivity contribution < 1.29 is 18.0 Å². The van der Waals surface area contributed by atoms with Crippen LogP contribution in [-0.4, -0.2) is 26.3 Å². The van der Waals surface area contributed by atoms with E-state index in [0.717, 1.165) is 12.1 Å². The molecule has 0 heterocycles. The van der Waals surface area contributed by atoms with Crippen molar-refractivity contribution in [2.75, 3.05) is 5.32 Å². The lowest BCUT2D eigenvalue weighted by molar-refractivity contribution is 0.100. The van der Waals surface area contributed by atoms with Crippen LogP contribution < -0.4 is 21.5 Å². The third-order valence-electron chi connectivity index (χ3n) is 3.03. The summed E-state index contributed by atoms with van der Waals surface area (Å²) in [4.78, 5) is 26.7. The predicted octanol–water partition coefficient (Wildman–Crippen LogP) is 2.34. The average Bonchev–Trinajstić information content (AvgIpc) is 2.53. The molecule has 3 amide bonds. The van der Waals surface area contributed by atoms with Crippen LogP contribution in [0.4, 0.5) is 10.5 Å². The number of nitrogens with two attached hydrogens (primary N) is 2. The van der Waals surface area contributed by atoms with Crippen LogP contribution in [0.5, 0.6) is 0 Å². The van der Waals surface area contributed by atoms with Crippen LogP contribution in [0.3, 0.4) is 0 Å². The van der Waals surface area contributed by atoms with Gasteiger partial charge in [0.1, 0.15) is 4.90 Å². The maximum Gasteiger partial charge on any atom is 0.333 e. The normalized spacial score (nSPS) is 10.4. The Morgan fingerprint density at radius 2 is 1.61 bits per heavy atom. The van der Waals surface area contributed by atoms with Gasteiger partial charge in [-0.2, -0.15) is 4.99 Å². The number of hydrogen-bond donors (Lipinski definition) is 4. The van der Waals surface area contributed by atoms with Crippen molar-refractivity contribution in [2.24, 2.45) is 16.5 Å². The maximum atomic E-state index is 12.5. The molecule has 0 aliphatic rings. The second-order valence-corrected chi connectivity index (χ2v) is 7.50. The van der Waals surface area contributed by atoms with Gasteiger partial charge in [0.25, 0.3) is 15.9 Å². The summed E-state index contributed by atoms with van der Waals surface area (Å²) >= 11 is 11.8. The molecule has 150 valence electrons. The molecule has 0 aliphatic heterocycles. The van der Waals surface area contributed by atoms with Gasteiger partial charge in [-0.3, -0.25) is 4.79 Å². The van der Waals surface area contributed by atoms with Crippen molar-refractivity contribution in [3.05, 3.63) is 58.1 Å². The van der Waals surface area contributed by atoms with Crippen LogP contribution in [0.2, 0.25) is 10.0 Å². The Labute approximate surface area is 176 Å². The fourth-order valence-corrected chi connectivity index (χ4v) is 3.69. The number of carbonyl (C=O) groups is 2. The first-order valence-corrected chi connectivity index (χ1v) is 9.36. The number of amides is 3. The van der Waals surface area contributed by atoms with E-state index in [1.807, 2.05) is 0 Å². The van der Waals surface area contributed by atoms with Gasteiger partial charge >= 0.3 is 6.03 Å². The maximum absolute atomic E-state index is 12.5. The van der Waals surface area contributed by atoms with Crippen molar-refractivity contribution in [1.29, 1.82) is 0 Å². The number of guanidine groups is 1. The summed E-state index contributed by atoms with van der Waals surface area (Å²) in [6.07, 6.45) is 0. The molecular weight excluding hydrogens is 453 g/mol. The minimum atomic E-state index is -4.43. The molecule has 0 aromatic heterocycles. The highest BCUT2D eigenvalue weighted by Gasteiger charge is 2.24. The summed E-state index contributed by atoms with van der Waals surface area (Å²) in [5.74, 6) is -1.50. The van der Waals surface area contributed by atoms with E-state index >= 15 is 0 Å². The van der Waals surface area contributed by atoms with E-state index in [1.54, 1.807) is 35.1 Å². The number of aliphatic imine (C=N–C) groups is 1. The third kappa shape index (κ3) is 5.99. The monoisotopic (exact) mass is 465 g/mol. The SMILES string of the molecule is Cl.NC(N)=NC(=O)c1cc(S(=O)(=O)NC(=O)Nc2ccccc2)c(Cl)cc1Cl. The molecule has 0 saturated heterocycles. The molecular formula is C15H14Cl3N5O4S. The third-order valence-corrected chi connectivity index (χ3v) is 5.14. The van der Waals surface area contributed by atoms with Gasteiger partial charge in [0, 0.05) is 5.69 Å². The highest BCUT2D eigenvalue weighted by atomic mass is 35.5. The molecule has 0 radical (unpaired) electrons. The van der Waals surface area contributed by atoms with Crippen molar-refractivity contribution >= 4 is 69.2 Å². The van der Waals surface area contributed by atoms with E-state index in [-0.39, 0.29) is 28.0 Å². The number of hydrogen-bond acceptors (Lipinski definition) is 4. The lowest BCUT2D eigenvalue weighted by atomic mass is 10.2. The van der Waals surface area contributed by atoms with Gasteiger partial charge in [0.2, 0.25) is 0 Å². The number of nitrogens with one attached hydrogen (secondary N) is 2. The predicted molar refractivity (Wildman–Crippen MR) is 110 cm³/mol. The Balaban J connectivity index is 0.00000392. The molecule has 6 N–H and O–H groups in total. The van der Waals surface area contributed by atoms with Gasteiger partial charge in [-0.15, -0.1) is 12.4 Å². The van der Waals surface area contributed by atoms with Crippen LogP contribution in [-0.2, 0) is 10.0 Å². The van der Waals surface area contributed by atoms with Gasteiger partial charge in [0.15, 0.2) is 5.96 Å². The van der Waals surface area contributed by atoms with E-state index in [4.69, 9.17) is 34.7 Å². The van der Waals surface area contributed by atoms with Crippen molar-refractivity contribution in [2.45, 2.75) is 4.90 Å². The Morgan fingerprint density at radius 3 is 2.18 bits per heavy atom. The van der Waals surface area contributed by atoms with Crippen LogP contribution in [0.15, 0.2) is 52.4 Å². The summed E-state index contributed by atoms with van der Waals surface area (Å²) in [6, 6.07) is 9.04. The zero-order valence-electron chi connectivity index (χ0n) is 13.8. The van der Waals surface area contributed by atoms with Crippen LogP contribution in [0.25, 0.3) is 0 Å². The summed E-state index contributed by atoms with van der Waals surface area (Å²) < 4.78 is 26.7. The molecule has 0 spiro atoms. The largest absolute Gasteiger partial charge is 0.370 e. The molecule has 0 unspecified atom stereocenters. The molecule has 0 saturated carbocycles. The van der Waals surface area contributed by atoms with E-state index in [9.17, 15) is 18.0 Å². The molecule has 2 aromatic carbocycles. The highest BCUT2D eigenvalue weighted by Crippen LogP contribution is 2.29. The number of benzene rings is 2. The van der Waals surface area contributed by atoms with Gasteiger partial charge in [-0.1, -0.05) is 41.4 Å². The van der Waals surface area contributed by atoms with E-state index in [0.29, 0.717) is 5.69 Å². The topological polar surface area (TPSA) is 157 Å². The van der Waals surface area contributed by atoms with Crippen molar-refractivity contribution in [1.82, 2.24) is 4.72 Å². The zero-order chi connectivity index (χ0) is 20.2. The summed E-state index contributed by atoms with van der Waals surface area (Å²) in [6.45, 7) is 0. The van der Waals surface area contributed by atoms with E-state index < -0.39 is 32.8 Å². The summed E-state index contributed by atoms with van der Waals surface area (Å²) in [5.41, 5.74) is 10.3. The molecule has 0 atom stereocenters. The average molecular weight is 467 g/mol. The number of anilines is 1. The Kier molecular flexibility index (Phi) is 8.06. The number of nitrogens with zero attached hydrogens (tertiary/aromatic N) is 1. The molecule has 9 nitrogen and oxygen atoms in total. The second kappa shape index (κ2) is 9.60. The van der Waals surface area contributed by atoms with E-state index in [2.05, 4.69) is 10.3 Å². The van der Waals surface area contributed by atoms with E-state index in [1.165, 1.54) is 0 Å². The smallest absolute Gasteiger partial charge is 0.333 e. The number of halogens is 3. The Morgan fingerprint density at radius 1 is 1.00 bits per heavy atom. The van der Waals surface area contributed by atoms with Gasteiger partial charge in [-0.05, 0) is 24.3 Å². The van der Waals surface area contributed by atoms with Crippen LogP contribution in [0, 0.1) is 0 Å². The lowest BCUT2D eigenvalue weighted by Gasteiger charge is -2.11. The van der Waals surface area contributed by atoms with Gasteiger partial charge in [-0.25, -0.2) is 17.9 Å². The summed E-state index contributed by atoms with van der Waals surface area (Å²) in [5, 5.41) is 1.87. The number of sulfonamides is 1. The van der Waals surface area contributed by atoms with Crippen molar-refractivity contribution in [3.8, 4) is 0 Å². The highest BCUT2D eigenvalue weighted by molar-refractivity contribution is 7.90. The first-order chi connectivity index (χ1) is 12.6. The number of carbonyl (C=O) groups excluding carboxylic acids is 2. The van der Waals surface area contributed by atoms with Crippen LogP contribution >= 0.6 is 35.6 Å². The Bertz CT molecular complexity index is 1030. The minimum Gasteiger partial charge on any atom is -0.370 e. The van der Waals surface area contributed by atoms with Gasteiger partial charge < -0.3 is 16.8 Å². The molecule has 0 bridgehead atoms. The molecule has 0 aliphatic carbocycles. The number of rotatable bonds is 4. The van der Waals surface area contributed by atoms with Crippen molar-refractivity contribution in [3.63, 3.8) is 0 Å². The molecule has 2 rings (SSSR count). The Hall–Kier alpha value is -2.53. The molecule has 0 fully saturated rings. The number of para-hydroxylation sites is 1. The number of urea groups is 1. The lowest BCUT2D eigenvalue weighted by Crippen LogP contribution is -2.34. The van der Waals surface area contributed by atoms with Gasteiger partial charge in [0.05, 0.1) is 15.6 Å². The minimum absolute atomic E-state index is 0. The fraction of sp³-hybridized carbons (Fsp3) is 0. The fourth-order valence-electron chi connectivity index (χ4n) is 1.93. The first-order valence-electron chi connectivity index (χ1n) is 7.12. The standard InChI is InChI=1S/C15H13Cl2N5O4S.ClH/c16-10-7-11(17)12(6-9(10)13(23)21-14(18)19)27(25,26)22-15(24)20-8-4-2-1-3-5-8;/h1-7H,(H2,20,22,24)(H4,18,19,21,23);1H. The van der Waals surface area contributed by atoms with Crippen LogP contribution in [0.1, 0.15) is 10.4 Å². The second-order valence-electron chi connectivity index (χ2n) is 5.03. The molecule has 2 aromatic rings. The molecule has 28 heavy (non-hydrogen) atoms. The first kappa shape index (κ1) is 23.5.